The number of anilines is 1. The molecule has 3 aromatic carbocycles. The molecule has 6 heteroatoms. The van der Waals surface area contributed by atoms with Crippen LogP contribution in [0.25, 0.3) is 10.8 Å². The summed E-state index contributed by atoms with van der Waals surface area (Å²) in [4.78, 5) is 27.6. The molecule has 1 fully saturated rings. The summed E-state index contributed by atoms with van der Waals surface area (Å²) in [5.41, 5.74) is 1.34. The van der Waals surface area contributed by atoms with Crippen molar-refractivity contribution in [1.29, 1.82) is 0 Å². The van der Waals surface area contributed by atoms with Gasteiger partial charge in [-0.05, 0) is 54.6 Å². The first kappa shape index (κ1) is 19.8. The molecule has 2 amide bonds. The lowest BCUT2D eigenvalue weighted by Crippen LogP contribution is -2.27. The number of amides is 2. The van der Waals surface area contributed by atoms with Crippen molar-refractivity contribution in [2.45, 2.75) is 17.7 Å². The molecule has 0 aromatic heterocycles. The summed E-state index contributed by atoms with van der Waals surface area (Å²) in [6, 6.07) is 18.8. The third-order valence-corrected chi connectivity index (χ3v) is 6.36. The largest absolute Gasteiger partial charge is 0.339 e. The molecule has 29 heavy (non-hydrogen) atoms. The number of nitrogens with zero attached hydrogens (tertiary/aromatic N) is 1. The molecule has 1 aliphatic rings. The summed E-state index contributed by atoms with van der Waals surface area (Å²) in [7, 11) is 0. The second-order valence-electron chi connectivity index (χ2n) is 7.01. The molecule has 0 unspecified atom stereocenters. The molecule has 0 aliphatic carbocycles. The van der Waals surface area contributed by atoms with Crippen LogP contribution in [0.5, 0.6) is 0 Å². The second kappa shape index (κ2) is 8.89. The number of carbonyl (C=O) groups is 2. The maximum atomic E-state index is 12.4. The van der Waals surface area contributed by atoms with E-state index in [-0.39, 0.29) is 17.6 Å². The number of thioether (sulfide) groups is 1. The highest BCUT2D eigenvalue weighted by atomic mass is 35.5. The number of rotatable bonds is 5. The normalized spacial score (nSPS) is 13.6. The maximum Gasteiger partial charge on any atom is 0.253 e. The zero-order valence-corrected chi connectivity index (χ0v) is 17.4. The molecule has 0 saturated carbocycles. The van der Waals surface area contributed by atoms with Gasteiger partial charge in [-0.15, -0.1) is 11.8 Å². The van der Waals surface area contributed by atoms with E-state index in [4.69, 9.17) is 11.6 Å². The van der Waals surface area contributed by atoms with E-state index in [0.29, 0.717) is 16.3 Å². The van der Waals surface area contributed by atoms with E-state index in [1.807, 2.05) is 41.3 Å². The third kappa shape index (κ3) is 4.57. The molecule has 148 valence electrons. The fourth-order valence-electron chi connectivity index (χ4n) is 3.52. The molecule has 4 rings (SSSR count). The van der Waals surface area contributed by atoms with E-state index in [1.54, 1.807) is 24.3 Å². The van der Waals surface area contributed by atoms with Crippen LogP contribution in [-0.4, -0.2) is 35.6 Å². The number of fused-ring (bicyclic) bond motifs is 1. The third-order valence-electron chi connectivity index (χ3n) is 4.98. The number of hydrogen-bond donors (Lipinski definition) is 1. The Hall–Kier alpha value is -2.50. The first-order valence-corrected chi connectivity index (χ1v) is 11.0. The minimum atomic E-state index is -0.0994. The number of benzene rings is 3. The first-order valence-electron chi connectivity index (χ1n) is 9.61. The standard InChI is InChI=1S/C23H21ClN2O2S/c24-19-7-3-5-16-6-4-8-20(22(16)19)29-15-21(27)25-18-11-9-17(10-12-18)23(28)26-13-1-2-14-26/h3-12H,1-2,13-15H2,(H,25,27). The Morgan fingerprint density at radius 1 is 0.966 bits per heavy atom. The summed E-state index contributed by atoms with van der Waals surface area (Å²) in [6.45, 7) is 1.65. The molecular weight excluding hydrogens is 404 g/mol. The van der Waals surface area contributed by atoms with Gasteiger partial charge in [0.2, 0.25) is 5.91 Å². The van der Waals surface area contributed by atoms with E-state index < -0.39 is 0 Å². The number of halogens is 1. The number of hydrogen-bond acceptors (Lipinski definition) is 3. The molecule has 1 saturated heterocycles. The molecule has 3 aromatic rings. The Balaban J connectivity index is 1.37. The average molecular weight is 425 g/mol. The van der Waals surface area contributed by atoms with Crippen molar-refractivity contribution in [3.05, 3.63) is 71.2 Å². The maximum absolute atomic E-state index is 12.4. The number of nitrogens with one attached hydrogen (secondary N) is 1. The summed E-state index contributed by atoms with van der Waals surface area (Å²) in [6.07, 6.45) is 2.14. The van der Waals surface area contributed by atoms with Crippen molar-refractivity contribution in [2.24, 2.45) is 0 Å². The topological polar surface area (TPSA) is 49.4 Å². The van der Waals surface area contributed by atoms with Gasteiger partial charge in [0.15, 0.2) is 0 Å². The van der Waals surface area contributed by atoms with Crippen molar-refractivity contribution >= 4 is 51.6 Å². The van der Waals surface area contributed by atoms with Crippen LogP contribution in [0.2, 0.25) is 5.02 Å². The molecule has 0 atom stereocenters. The Labute approximate surface area is 179 Å². The van der Waals surface area contributed by atoms with Crippen LogP contribution in [0.1, 0.15) is 23.2 Å². The van der Waals surface area contributed by atoms with Gasteiger partial charge in [0.25, 0.3) is 5.91 Å². The van der Waals surface area contributed by atoms with Crippen molar-refractivity contribution < 1.29 is 9.59 Å². The molecule has 0 radical (unpaired) electrons. The summed E-state index contributed by atoms with van der Waals surface area (Å²) >= 11 is 7.81. The van der Waals surface area contributed by atoms with E-state index in [2.05, 4.69) is 5.32 Å². The van der Waals surface area contributed by atoms with Crippen molar-refractivity contribution in [3.63, 3.8) is 0 Å². The van der Waals surface area contributed by atoms with Crippen LogP contribution >= 0.6 is 23.4 Å². The Kier molecular flexibility index (Phi) is 6.07. The quantitative estimate of drug-likeness (QED) is 0.553. The predicted molar refractivity (Wildman–Crippen MR) is 120 cm³/mol. The Morgan fingerprint density at radius 3 is 2.38 bits per heavy atom. The molecular formula is C23H21ClN2O2S. The minimum Gasteiger partial charge on any atom is -0.339 e. The van der Waals surface area contributed by atoms with E-state index in [1.165, 1.54) is 11.8 Å². The van der Waals surface area contributed by atoms with Gasteiger partial charge in [-0.3, -0.25) is 9.59 Å². The van der Waals surface area contributed by atoms with Crippen molar-refractivity contribution in [3.8, 4) is 0 Å². The summed E-state index contributed by atoms with van der Waals surface area (Å²) in [5, 5.41) is 5.61. The van der Waals surface area contributed by atoms with E-state index >= 15 is 0 Å². The predicted octanol–water partition coefficient (Wildman–Crippen LogP) is 5.46. The fourth-order valence-corrected chi connectivity index (χ4v) is 4.77. The van der Waals surface area contributed by atoms with Gasteiger partial charge in [-0.2, -0.15) is 0 Å². The molecule has 1 heterocycles. The number of carbonyl (C=O) groups excluding carboxylic acids is 2. The monoisotopic (exact) mass is 424 g/mol. The molecule has 1 aliphatic heterocycles. The lowest BCUT2D eigenvalue weighted by Gasteiger charge is -2.15. The SMILES string of the molecule is O=C(CSc1cccc2cccc(Cl)c12)Nc1ccc(C(=O)N2CCCC2)cc1. The summed E-state index contributed by atoms with van der Waals surface area (Å²) < 4.78 is 0. The van der Waals surface area contributed by atoms with Crippen LogP contribution in [0.3, 0.4) is 0 Å². The van der Waals surface area contributed by atoms with Crippen LogP contribution in [0, 0.1) is 0 Å². The summed E-state index contributed by atoms with van der Waals surface area (Å²) in [5.74, 6) is 0.236. The van der Waals surface area contributed by atoms with Crippen molar-refractivity contribution in [1.82, 2.24) is 4.90 Å². The highest BCUT2D eigenvalue weighted by molar-refractivity contribution is 8.00. The van der Waals surface area contributed by atoms with Crippen LogP contribution in [0.4, 0.5) is 5.69 Å². The molecule has 1 N–H and O–H groups in total. The second-order valence-corrected chi connectivity index (χ2v) is 8.43. The highest BCUT2D eigenvalue weighted by Gasteiger charge is 2.19. The van der Waals surface area contributed by atoms with Crippen LogP contribution in [-0.2, 0) is 4.79 Å². The lowest BCUT2D eigenvalue weighted by atomic mass is 10.1. The lowest BCUT2D eigenvalue weighted by molar-refractivity contribution is -0.113. The van der Waals surface area contributed by atoms with Gasteiger partial charge in [0.1, 0.15) is 0 Å². The van der Waals surface area contributed by atoms with Gasteiger partial charge in [-0.1, -0.05) is 35.9 Å². The smallest absolute Gasteiger partial charge is 0.253 e. The highest BCUT2D eigenvalue weighted by Crippen LogP contribution is 2.33. The number of likely N-dealkylation sites (tertiary alicyclic amines) is 1. The van der Waals surface area contributed by atoms with Gasteiger partial charge in [0, 0.05) is 39.6 Å². The zero-order valence-electron chi connectivity index (χ0n) is 15.9. The molecule has 4 nitrogen and oxygen atoms in total. The van der Waals surface area contributed by atoms with E-state index in [0.717, 1.165) is 41.6 Å². The average Bonchev–Trinajstić information content (AvgIpc) is 3.27. The van der Waals surface area contributed by atoms with Gasteiger partial charge in [0.05, 0.1) is 5.75 Å². The molecule has 0 bridgehead atoms. The zero-order chi connectivity index (χ0) is 20.2. The van der Waals surface area contributed by atoms with E-state index in [9.17, 15) is 9.59 Å². The van der Waals surface area contributed by atoms with Crippen LogP contribution in [0.15, 0.2) is 65.6 Å². The van der Waals surface area contributed by atoms with Gasteiger partial charge < -0.3 is 10.2 Å². The van der Waals surface area contributed by atoms with Gasteiger partial charge in [-0.25, -0.2) is 0 Å². The van der Waals surface area contributed by atoms with Gasteiger partial charge >= 0.3 is 0 Å². The Morgan fingerprint density at radius 2 is 1.66 bits per heavy atom. The minimum absolute atomic E-state index is 0.0590. The Bertz CT molecular complexity index is 1040. The molecule has 0 spiro atoms. The van der Waals surface area contributed by atoms with Crippen molar-refractivity contribution in [2.75, 3.05) is 24.2 Å². The first-order chi connectivity index (χ1) is 14.1. The van der Waals surface area contributed by atoms with Crippen LogP contribution < -0.4 is 5.32 Å². The fraction of sp³-hybridized carbons (Fsp3) is 0.217.